The van der Waals surface area contributed by atoms with E-state index in [1.165, 1.54) is 27.4 Å². The second-order valence-electron chi connectivity index (χ2n) is 20.4. The summed E-state index contributed by atoms with van der Waals surface area (Å²) in [5.41, 5.74) is 12.1. The van der Waals surface area contributed by atoms with E-state index in [2.05, 4.69) is 185 Å². The molecule has 6 nitrogen and oxygen atoms in total. The van der Waals surface area contributed by atoms with E-state index in [9.17, 15) is 2.74 Å². The third kappa shape index (κ3) is 8.00. The van der Waals surface area contributed by atoms with Gasteiger partial charge in [0.25, 0.3) is 6.33 Å². The minimum Gasteiger partial charge on any atom is -0.510 e. The molecule has 0 N–H and O–H groups in total. The Kier molecular flexibility index (Phi) is 11.2. The van der Waals surface area contributed by atoms with Gasteiger partial charge in [-0.05, 0) is 113 Å². The molecular formula is C64H57N5OPt-2. The molecule has 0 radical (unpaired) electrons. The van der Waals surface area contributed by atoms with Crippen molar-refractivity contribution in [1.82, 2.24) is 18.7 Å². The van der Waals surface area contributed by atoms with Crippen LogP contribution in [0.1, 0.15) is 116 Å². The molecule has 2 fully saturated rings. The molecule has 2 saturated carbocycles. The molecule has 0 spiro atoms. The summed E-state index contributed by atoms with van der Waals surface area (Å²) in [5.74, 6) is 0.461. The number of fused-ring (bicyclic) bond motifs is 7. The molecule has 0 unspecified atom stereocenters. The zero-order chi connectivity index (χ0) is 48.8. The van der Waals surface area contributed by atoms with Gasteiger partial charge in [-0.2, -0.15) is 18.2 Å². The third-order valence-electron chi connectivity index (χ3n) is 15.0. The van der Waals surface area contributed by atoms with Gasteiger partial charge in [0.1, 0.15) is 5.82 Å². The van der Waals surface area contributed by atoms with E-state index in [4.69, 9.17) is 9.72 Å². The Hall–Kier alpha value is -6.75. The first kappa shape index (κ1) is 43.1. The van der Waals surface area contributed by atoms with Crippen molar-refractivity contribution in [2.45, 2.75) is 102 Å². The van der Waals surface area contributed by atoms with E-state index in [-0.39, 0.29) is 26.5 Å². The van der Waals surface area contributed by atoms with Crippen LogP contribution in [-0.4, -0.2) is 18.7 Å². The maximum absolute atomic E-state index is 9.98. The molecule has 2 aliphatic rings. The Balaban J connectivity index is 0.00000543. The van der Waals surface area contributed by atoms with Crippen molar-refractivity contribution in [2.24, 2.45) is 0 Å². The number of aromatic nitrogens is 5. The van der Waals surface area contributed by atoms with Crippen molar-refractivity contribution < 1.29 is 33.1 Å². The van der Waals surface area contributed by atoms with E-state index in [1.807, 2.05) is 30.5 Å². The Labute approximate surface area is 433 Å². The van der Waals surface area contributed by atoms with Crippen molar-refractivity contribution in [2.75, 3.05) is 0 Å². The largest absolute Gasteiger partial charge is 0.510 e. The molecule has 0 aliphatic heterocycles. The molecular weight excluding hydrogens is 1050 g/mol. The van der Waals surface area contributed by atoms with Gasteiger partial charge >= 0.3 is 0 Å². The second-order valence-corrected chi connectivity index (χ2v) is 20.4. The van der Waals surface area contributed by atoms with Gasteiger partial charge in [-0.25, -0.2) is 4.98 Å². The minimum atomic E-state index is -0.734. The molecule has 4 aromatic heterocycles. The van der Waals surface area contributed by atoms with Crippen LogP contribution in [0.25, 0.3) is 77.5 Å². The number of hydrogen-bond acceptors (Lipinski definition) is 2. The van der Waals surface area contributed by atoms with E-state index in [1.54, 1.807) is 0 Å². The Morgan fingerprint density at radius 1 is 0.577 bits per heavy atom. The molecule has 0 saturated heterocycles. The van der Waals surface area contributed by atoms with Crippen molar-refractivity contribution in [1.29, 1.82) is 0 Å². The fourth-order valence-corrected chi connectivity index (χ4v) is 11.6. The van der Waals surface area contributed by atoms with Gasteiger partial charge in [0, 0.05) is 63.5 Å². The average Bonchev–Trinajstić information content (AvgIpc) is 4.06. The summed E-state index contributed by atoms with van der Waals surface area (Å²) in [7, 11) is 0. The SMILES string of the molecule is [2H]C1(c2cccc(C3([2H])CCCCC3)c2-[n+]2[c-]n(-c3[c-]c(Oc4[c-]c5c(cc4)c4cc(-n6c7ccccc7c7ccccc76)ccc4n5-c4cc(C(C)(C)C)ccn4)ccc3)c3ccccc32)CCCCC1.[Pt]. The molecule has 356 valence electrons. The van der Waals surface area contributed by atoms with Crippen LogP contribution in [0.2, 0.25) is 0 Å². The van der Waals surface area contributed by atoms with Crippen LogP contribution in [0.15, 0.2) is 158 Å². The predicted octanol–water partition coefficient (Wildman–Crippen LogP) is 16.1. The van der Waals surface area contributed by atoms with Crippen LogP contribution in [0, 0.1) is 18.5 Å². The van der Waals surface area contributed by atoms with Gasteiger partial charge in [0.05, 0.1) is 27.8 Å². The first-order valence-corrected chi connectivity index (χ1v) is 25.3. The zero-order valence-corrected chi connectivity index (χ0v) is 42.8. The standard InChI is InChI=1S/C64H57N5O.Pt/c1-64(2,3)45-36-37-65-62(38-45)69-58-35-32-47(68-56-28-12-10-24-52(56)53-25-11-13-29-57(53)68)40-55(58)54-34-33-49(41-61(54)69)70-48-23-16-22-46(39-48)66-42-67(60-31-15-14-30-59(60)66)63-50(43-18-6-4-7-19-43)26-17-27-51(63)44-20-8-5-9-21-44;/h10-17,22-38,40,43-44H,4-9,18-21H2,1-3H3;/q-2;/i43D,44D;. The normalized spacial score (nSPS) is 16.3. The fraction of sp³-hybridized carbons (Fsp3) is 0.250. The zero-order valence-electron chi connectivity index (χ0n) is 42.5. The maximum atomic E-state index is 9.98. The number of ether oxygens (including phenoxy) is 1. The number of nitrogens with zero attached hydrogens (tertiary/aromatic N) is 5. The number of rotatable bonds is 8. The molecule has 7 heteroatoms. The summed E-state index contributed by atoms with van der Waals surface area (Å²) in [4.78, 5) is 4.99. The summed E-state index contributed by atoms with van der Waals surface area (Å²) in [5, 5.41) is 4.59. The van der Waals surface area contributed by atoms with E-state index in [0.29, 0.717) is 11.5 Å². The molecule has 11 aromatic rings. The first-order chi connectivity index (χ1) is 35.0. The summed E-state index contributed by atoms with van der Waals surface area (Å²) >= 11 is 0. The van der Waals surface area contributed by atoms with Gasteiger partial charge in [-0.3, -0.25) is 4.57 Å². The van der Waals surface area contributed by atoms with Crippen LogP contribution in [0.4, 0.5) is 0 Å². The van der Waals surface area contributed by atoms with Crippen molar-refractivity contribution >= 4 is 54.6 Å². The summed E-state index contributed by atoms with van der Waals surface area (Å²) < 4.78 is 35.6. The summed E-state index contributed by atoms with van der Waals surface area (Å²) in [6.45, 7) is 6.70. The Morgan fingerprint density at radius 2 is 1.20 bits per heavy atom. The van der Waals surface area contributed by atoms with Crippen LogP contribution in [0.5, 0.6) is 11.5 Å². The van der Waals surface area contributed by atoms with Crippen LogP contribution >= 0.6 is 0 Å². The van der Waals surface area contributed by atoms with Crippen LogP contribution in [-0.2, 0) is 26.5 Å². The summed E-state index contributed by atoms with van der Waals surface area (Å²) in [6.07, 6.45) is 15.4. The van der Waals surface area contributed by atoms with E-state index in [0.717, 1.165) is 131 Å². The molecule has 7 aromatic carbocycles. The predicted molar refractivity (Wildman–Crippen MR) is 285 cm³/mol. The first-order valence-electron chi connectivity index (χ1n) is 26.3. The van der Waals surface area contributed by atoms with Gasteiger partial charge in [0.15, 0.2) is 0 Å². The smallest absolute Gasteiger partial charge is 0.268 e. The van der Waals surface area contributed by atoms with E-state index >= 15 is 0 Å². The van der Waals surface area contributed by atoms with Crippen molar-refractivity contribution in [3.63, 3.8) is 0 Å². The number of hydrogen-bond donors (Lipinski definition) is 0. The second kappa shape index (κ2) is 18.5. The summed E-state index contributed by atoms with van der Waals surface area (Å²) in [6, 6.07) is 60.6. The van der Waals surface area contributed by atoms with Crippen LogP contribution < -0.4 is 9.30 Å². The van der Waals surface area contributed by atoms with Gasteiger partial charge in [-0.1, -0.05) is 144 Å². The minimum absolute atomic E-state index is 0. The topological polar surface area (TPSA) is 40.8 Å². The monoisotopic (exact) mass is 1110 g/mol. The third-order valence-corrected chi connectivity index (χ3v) is 15.0. The maximum Gasteiger partial charge on any atom is 0.268 e. The number of pyridine rings is 1. The molecule has 71 heavy (non-hydrogen) atoms. The number of para-hydroxylation sites is 5. The van der Waals surface area contributed by atoms with Gasteiger partial charge in [0.2, 0.25) is 0 Å². The van der Waals surface area contributed by atoms with Gasteiger partial charge < -0.3 is 18.4 Å². The average molecular weight is 1110 g/mol. The van der Waals surface area contributed by atoms with E-state index < -0.39 is 11.8 Å². The van der Waals surface area contributed by atoms with Crippen molar-refractivity contribution in [3.8, 4) is 34.4 Å². The molecule has 0 bridgehead atoms. The molecule has 0 atom stereocenters. The van der Waals surface area contributed by atoms with Gasteiger partial charge in [-0.15, -0.1) is 29.7 Å². The van der Waals surface area contributed by atoms with Crippen LogP contribution in [0.3, 0.4) is 0 Å². The molecule has 4 heterocycles. The quantitative estimate of drug-likeness (QED) is 0.112. The van der Waals surface area contributed by atoms with Crippen molar-refractivity contribution in [3.05, 3.63) is 193 Å². The number of benzene rings is 7. The fourth-order valence-electron chi connectivity index (χ4n) is 11.6. The molecule has 0 amide bonds. The Bertz CT molecular complexity index is 3810. The molecule has 13 rings (SSSR count). The number of imidazole rings is 1. The molecule has 2 aliphatic carbocycles. The Morgan fingerprint density at radius 3 is 1.89 bits per heavy atom.